The molecule has 122 valence electrons. The molecule has 0 spiro atoms. The van der Waals surface area contributed by atoms with Crippen molar-refractivity contribution in [3.05, 3.63) is 16.1 Å². The first kappa shape index (κ1) is 20.6. The van der Waals surface area contributed by atoms with Gasteiger partial charge in [-0.15, -0.1) is 35.3 Å². The highest BCUT2D eigenvalue weighted by Crippen LogP contribution is 2.10. The number of guanidine groups is 1. The molecule has 21 heavy (non-hydrogen) atoms. The van der Waals surface area contributed by atoms with Crippen LogP contribution in [0.15, 0.2) is 11.2 Å². The molecule has 0 aliphatic rings. The van der Waals surface area contributed by atoms with Crippen LogP contribution in [0.2, 0.25) is 0 Å². The van der Waals surface area contributed by atoms with Gasteiger partial charge in [0.15, 0.2) is 5.96 Å². The van der Waals surface area contributed by atoms with Crippen LogP contribution in [-0.4, -0.2) is 44.3 Å². The monoisotopic (exact) mass is 426 g/mol. The van der Waals surface area contributed by atoms with Crippen molar-refractivity contribution < 1.29 is 4.74 Å². The fourth-order valence-corrected chi connectivity index (χ4v) is 2.49. The third kappa shape index (κ3) is 10.0. The number of unbranched alkanes of at least 4 members (excludes halogenated alkanes) is 1. The van der Waals surface area contributed by atoms with Crippen molar-refractivity contribution in [2.24, 2.45) is 4.99 Å². The number of nitrogens with zero attached hydrogens (tertiary/aromatic N) is 2. The molecule has 7 heteroatoms. The molecule has 0 saturated heterocycles. The standard InChI is InChI=1S/C14H26N4OS.HI/c1-4-19-10-6-5-8-16-14(15-3)17-9-7-13-18-11-12(2)20-13;/h11H,4-10H2,1-3H3,(H2,15,16,17);1H. The third-order valence-corrected chi connectivity index (χ3v) is 3.71. The molecule has 0 aliphatic carbocycles. The molecular formula is C14H27IN4OS. The van der Waals surface area contributed by atoms with Crippen molar-refractivity contribution in [1.82, 2.24) is 15.6 Å². The zero-order chi connectivity index (χ0) is 14.6. The lowest BCUT2D eigenvalue weighted by Crippen LogP contribution is -2.38. The Morgan fingerprint density at radius 2 is 2.10 bits per heavy atom. The maximum absolute atomic E-state index is 5.30. The average Bonchev–Trinajstić information content (AvgIpc) is 2.86. The second-order valence-corrected chi connectivity index (χ2v) is 5.76. The maximum atomic E-state index is 5.30. The van der Waals surface area contributed by atoms with Gasteiger partial charge in [-0.2, -0.15) is 0 Å². The van der Waals surface area contributed by atoms with Crippen LogP contribution in [0.5, 0.6) is 0 Å². The Kier molecular flexibility index (Phi) is 13.0. The van der Waals surface area contributed by atoms with Crippen LogP contribution >= 0.6 is 35.3 Å². The summed E-state index contributed by atoms with van der Waals surface area (Å²) < 4.78 is 5.30. The zero-order valence-corrected chi connectivity index (χ0v) is 16.3. The van der Waals surface area contributed by atoms with E-state index in [4.69, 9.17) is 4.74 Å². The topological polar surface area (TPSA) is 58.5 Å². The molecule has 1 rings (SSSR count). The van der Waals surface area contributed by atoms with E-state index in [1.165, 1.54) is 9.88 Å². The number of hydrogen-bond donors (Lipinski definition) is 2. The summed E-state index contributed by atoms with van der Waals surface area (Å²) in [6.07, 6.45) is 5.03. The van der Waals surface area contributed by atoms with Crippen molar-refractivity contribution in [2.75, 3.05) is 33.4 Å². The molecule has 0 bridgehead atoms. The van der Waals surface area contributed by atoms with Gasteiger partial charge >= 0.3 is 0 Å². The first-order valence-electron chi connectivity index (χ1n) is 7.19. The average molecular weight is 426 g/mol. The minimum atomic E-state index is 0. The molecule has 1 heterocycles. The summed E-state index contributed by atoms with van der Waals surface area (Å²) in [5, 5.41) is 7.78. The van der Waals surface area contributed by atoms with Gasteiger partial charge in [0.25, 0.3) is 0 Å². The van der Waals surface area contributed by atoms with Crippen molar-refractivity contribution in [1.29, 1.82) is 0 Å². The molecule has 0 unspecified atom stereocenters. The summed E-state index contributed by atoms with van der Waals surface area (Å²) in [6.45, 7) is 7.51. The SMILES string of the molecule is CCOCCCCNC(=NC)NCCc1ncc(C)s1.I. The lowest BCUT2D eigenvalue weighted by molar-refractivity contribution is 0.143. The Morgan fingerprint density at radius 3 is 2.71 bits per heavy atom. The predicted molar refractivity (Wildman–Crippen MR) is 101 cm³/mol. The Bertz CT molecular complexity index is 398. The van der Waals surface area contributed by atoms with E-state index in [-0.39, 0.29) is 24.0 Å². The van der Waals surface area contributed by atoms with Gasteiger partial charge in [-0.1, -0.05) is 0 Å². The lowest BCUT2D eigenvalue weighted by atomic mass is 10.3. The van der Waals surface area contributed by atoms with E-state index in [0.29, 0.717) is 0 Å². The maximum Gasteiger partial charge on any atom is 0.190 e. The van der Waals surface area contributed by atoms with Crippen molar-refractivity contribution in [2.45, 2.75) is 33.1 Å². The molecule has 5 nitrogen and oxygen atoms in total. The van der Waals surface area contributed by atoms with Gasteiger partial charge in [-0.3, -0.25) is 4.99 Å². The smallest absolute Gasteiger partial charge is 0.190 e. The Labute approximate surface area is 149 Å². The molecule has 0 aromatic carbocycles. The van der Waals surface area contributed by atoms with E-state index in [9.17, 15) is 0 Å². The fraction of sp³-hybridized carbons (Fsp3) is 0.714. The summed E-state index contributed by atoms with van der Waals surface area (Å²) in [6, 6.07) is 0. The van der Waals surface area contributed by atoms with E-state index >= 15 is 0 Å². The van der Waals surface area contributed by atoms with Crippen LogP contribution < -0.4 is 10.6 Å². The number of rotatable bonds is 9. The lowest BCUT2D eigenvalue weighted by Gasteiger charge is -2.11. The van der Waals surface area contributed by atoms with Crippen LogP contribution in [0.3, 0.4) is 0 Å². The van der Waals surface area contributed by atoms with Gasteiger partial charge < -0.3 is 15.4 Å². The van der Waals surface area contributed by atoms with Crippen LogP contribution in [0, 0.1) is 6.92 Å². The number of halogens is 1. The summed E-state index contributed by atoms with van der Waals surface area (Å²) in [5.74, 6) is 0.856. The van der Waals surface area contributed by atoms with E-state index < -0.39 is 0 Å². The number of aliphatic imine (C=N–C) groups is 1. The molecule has 1 aromatic heterocycles. The highest BCUT2D eigenvalue weighted by atomic mass is 127. The van der Waals surface area contributed by atoms with Gasteiger partial charge in [0, 0.05) is 50.8 Å². The Balaban J connectivity index is 0.00000400. The van der Waals surface area contributed by atoms with E-state index in [0.717, 1.165) is 51.5 Å². The molecule has 0 radical (unpaired) electrons. The molecule has 0 atom stereocenters. The largest absolute Gasteiger partial charge is 0.382 e. The Hall–Kier alpha value is -0.410. The molecule has 0 amide bonds. The van der Waals surface area contributed by atoms with Crippen molar-refractivity contribution >= 4 is 41.3 Å². The summed E-state index contributed by atoms with van der Waals surface area (Å²) in [4.78, 5) is 9.81. The van der Waals surface area contributed by atoms with Crippen molar-refractivity contribution in [3.8, 4) is 0 Å². The quantitative estimate of drug-likeness (QED) is 0.276. The molecule has 0 saturated carbocycles. The minimum absolute atomic E-state index is 0. The highest BCUT2D eigenvalue weighted by molar-refractivity contribution is 14.0. The van der Waals surface area contributed by atoms with E-state index in [1.807, 2.05) is 13.1 Å². The van der Waals surface area contributed by atoms with Crippen LogP contribution in [0.1, 0.15) is 29.7 Å². The second kappa shape index (κ2) is 13.3. The zero-order valence-electron chi connectivity index (χ0n) is 13.1. The number of thiazole rings is 1. The number of hydrogen-bond acceptors (Lipinski definition) is 4. The molecule has 1 aromatic rings. The molecule has 2 N–H and O–H groups in total. The molecular weight excluding hydrogens is 399 g/mol. The third-order valence-electron chi connectivity index (χ3n) is 2.74. The minimum Gasteiger partial charge on any atom is -0.382 e. The molecule has 0 aliphatic heterocycles. The summed E-state index contributed by atoms with van der Waals surface area (Å²) in [5.41, 5.74) is 0. The summed E-state index contributed by atoms with van der Waals surface area (Å²) in [7, 11) is 1.79. The van der Waals surface area contributed by atoms with Crippen LogP contribution in [-0.2, 0) is 11.2 Å². The fourth-order valence-electron chi connectivity index (χ4n) is 1.71. The van der Waals surface area contributed by atoms with Crippen LogP contribution in [0.4, 0.5) is 0 Å². The highest BCUT2D eigenvalue weighted by Gasteiger charge is 2.00. The number of nitrogens with one attached hydrogen (secondary N) is 2. The van der Waals surface area contributed by atoms with Gasteiger partial charge in [-0.05, 0) is 26.7 Å². The van der Waals surface area contributed by atoms with E-state index in [2.05, 4.69) is 27.5 Å². The Morgan fingerprint density at radius 1 is 1.33 bits per heavy atom. The van der Waals surface area contributed by atoms with Crippen LogP contribution in [0.25, 0.3) is 0 Å². The van der Waals surface area contributed by atoms with E-state index in [1.54, 1.807) is 18.4 Å². The number of ether oxygens (including phenoxy) is 1. The second-order valence-electron chi connectivity index (χ2n) is 4.44. The number of aromatic nitrogens is 1. The van der Waals surface area contributed by atoms with Gasteiger partial charge in [-0.25, -0.2) is 4.98 Å². The van der Waals surface area contributed by atoms with Gasteiger partial charge in [0.05, 0.1) is 5.01 Å². The van der Waals surface area contributed by atoms with Crippen molar-refractivity contribution in [3.63, 3.8) is 0 Å². The first-order valence-corrected chi connectivity index (χ1v) is 8.01. The predicted octanol–water partition coefficient (Wildman–Crippen LogP) is 2.59. The summed E-state index contributed by atoms with van der Waals surface area (Å²) >= 11 is 1.75. The molecule has 0 fully saturated rings. The van der Waals surface area contributed by atoms with Gasteiger partial charge in [0.2, 0.25) is 0 Å². The normalized spacial score (nSPS) is 11.1. The first-order chi connectivity index (χ1) is 9.76. The van der Waals surface area contributed by atoms with Gasteiger partial charge in [0.1, 0.15) is 0 Å². The number of aryl methyl sites for hydroxylation is 1.